The van der Waals surface area contributed by atoms with Crippen LogP contribution in [0.5, 0.6) is 0 Å². The highest BCUT2D eigenvalue weighted by molar-refractivity contribution is 6.30. The highest BCUT2D eigenvalue weighted by Crippen LogP contribution is 2.30. The van der Waals surface area contributed by atoms with Gasteiger partial charge in [-0.15, -0.1) is 0 Å². The Morgan fingerprint density at radius 3 is 2.48 bits per heavy atom. The van der Waals surface area contributed by atoms with Crippen molar-refractivity contribution in [3.05, 3.63) is 94.5 Å². The zero-order valence-corrected chi connectivity index (χ0v) is 24.2. The van der Waals surface area contributed by atoms with E-state index in [1.807, 2.05) is 30.3 Å². The molecule has 1 aliphatic heterocycles. The summed E-state index contributed by atoms with van der Waals surface area (Å²) in [6, 6.07) is 14.9. The van der Waals surface area contributed by atoms with E-state index in [4.69, 9.17) is 26.8 Å². The van der Waals surface area contributed by atoms with Gasteiger partial charge in [0.25, 0.3) is 0 Å². The molecule has 2 aromatic carbocycles. The number of carbonyl (C=O) groups excluding carboxylic acids is 2. The van der Waals surface area contributed by atoms with Crippen molar-refractivity contribution in [2.45, 2.75) is 43.1 Å². The Bertz CT molecular complexity index is 1390. The summed E-state index contributed by atoms with van der Waals surface area (Å²) in [5.41, 5.74) is 8.54. The van der Waals surface area contributed by atoms with Crippen LogP contribution in [0.3, 0.4) is 0 Å². The molecule has 3 aromatic rings. The minimum atomic E-state index is -4.54. The number of alkyl halides is 3. The lowest BCUT2D eigenvalue weighted by Crippen LogP contribution is -2.49. The lowest BCUT2D eigenvalue weighted by molar-refractivity contribution is -0.124. The Labute approximate surface area is 256 Å². The summed E-state index contributed by atoms with van der Waals surface area (Å²) in [6.45, 7) is -1.22. The number of alkyl carbamates (subject to hydrolysis) is 1. The Morgan fingerprint density at radius 1 is 1.11 bits per heavy atom. The number of morpholine rings is 1. The molecule has 9 nitrogen and oxygen atoms in total. The summed E-state index contributed by atoms with van der Waals surface area (Å²) >= 11 is 6.07. The summed E-state index contributed by atoms with van der Waals surface area (Å²) in [7, 11) is 0. The molecule has 0 saturated carbocycles. The first-order valence-corrected chi connectivity index (χ1v) is 14.2. The molecule has 5 N–H and O–H groups in total. The number of ether oxygens (including phenoxy) is 2. The highest BCUT2D eigenvalue weighted by atomic mass is 35.5. The zero-order valence-electron chi connectivity index (χ0n) is 23.5. The first kappa shape index (κ1) is 33.1. The van der Waals surface area contributed by atoms with Gasteiger partial charge in [-0.25, -0.2) is 9.18 Å². The van der Waals surface area contributed by atoms with Crippen molar-refractivity contribution < 1.29 is 36.6 Å². The number of hydrogen-bond acceptors (Lipinski definition) is 7. The van der Waals surface area contributed by atoms with Gasteiger partial charge in [0, 0.05) is 23.0 Å². The molecule has 1 aromatic heterocycles. The molecule has 4 rings (SSSR count). The quantitative estimate of drug-likeness (QED) is 0.227. The van der Waals surface area contributed by atoms with Gasteiger partial charge < -0.3 is 31.2 Å². The Balaban J connectivity index is 1.34. The molecule has 1 fully saturated rings. The first-order chi connectivity index (χ1) is 21.0. The summed E-state index contributed by atoms with van der Waals surface area (Å²) in [5, 5.41) is 8.02. The standard InChI is InChI=1S/C30H32ClF4N5O4/c31-20-8-6-19(7-9-20)26(18-4-2-1-3-5-18)27(36)28(41)40-25-14-37-13-24(32)23(25)11-10-22-12-38-21(15-43-22)16-44-29(42)39-17-30(33,34)35/h1-9,13-14,21-22,26-27,38H,10-12,15-17,36H2,(H,39,42)(H,40,41)/t21-,22+,26+,27-/m0/s1. The topological polar surface area (TPSA) is 128 Å². The van der Waals surface area contributed by atoms with Crippen molar-refractivity contribution in [2.24, 2.45) is 5.73 Å². The molecule has 2 amide bonds. The SMILES string of the molecule is N[C@H](C(=O)Nc1cncc(F)c1CC[C@@H]1CN[C@H](COC(=O)NCC(F)(F)F)CO1)[C@H](c1ccccc1)c1ccc(Cl)cc1. The van der Waals surface area contributed by atoms with Crippen LogP contribution in [0.4, 0.5) is 28.0 Å². The van der Waals surface area contributed by atoms with Crippen LogP contribution < -0.4 is 21.7 Å². The Morgan fingerprint density at radius 2 is 1.82 bits per heavy atom. The second kappa shape index (κ2) is 15.3. The first-order valence-electron chi connectivity index (χ1n) is 13.8. The number of anilines is 1. The van der Waals surface area contributed by atoms with Crippen LogP contribution in [0.15, 0.2) is 67.0 Å². The van der Waals surface area contributed by atoms with Crippen LogP contribution in [-0.4, -0.2) is 67.7 Å². The molecule has 0 radical (unpaired) electrons. The molecule has 0 spiro atoms. The molecular formula is C30H32ClF4N5O4. The van der Waals surface area contributed by atoms with Gasteiger partial charge >= 0.3 is 12.3 Å². The molecule has 4 atom stereocenters. The molecule has 0 unspecified atom stereocenters. The van der Waals surface area contributed by atoms with E-state index in [1.54, 1.807) is 29.6 Å². The molecule has 1 aliphatic rings. The summed E-state index contributed by atoms with van der Waals surface area (Å²) in [4.78, 5) is 28.8. The lowest BCUT2D eigenvalue weighted by atomic mass is 9.85. The summed E-state index contributed by atoms with van der Waals surface area (Å²) < 4.78 is 62.1. The van der Waals surface area contributed by atoms with Crippen molar-refractivity contribution in [3.63, 3.8) is 0 Å². The smallest absolute Gasteiger partial charge is 0.407 e. The fraction of sp³-hybridized carbons (Fsp3) is 0.367. The van der Waals surface area contributed by atoms with Gasteiger partial charge in [-0.05, 0) is 36.1 Å². The van der Waals surface area contributed by atoms with Crippen LogP contribution in [0.25, 0.3) is 0 Å². The van der Waals surface area contributed by atoms with Gasteiger partial charge in [-0.1, -0.05) is 54.1 Å². The average molecular weight is 638 g/mol. The predicted octanol–water partition coefficient (Wildman–Crippen LogP) is 4.55. The van der Waals surface area contributed by atoms with Crippen LogP contribution in [-0.2, 0) is 20.7 Å². The number of rotatable bonds is 11. The van der Waals surface area contributed by atoms with Crippen LogP contribution in [0, 0.1) is 5.82 Å². The van der Waals surface area contributed by atoms with E-state index in [0.29, 0.717) is 18.0 Å². The normalized spacial score (nSPS) is 18.2. The molecule has 1 saturated heterocycles. The van der Waals surface area contributed by atoms with Crippen LogP contribution >= 0.6 is 11.6 Å². The highest BCUT2D eigenvalue weighted by Gasteiger charge is 2.30. The van der Waals surface area contributed by atoms with Gasteiger partial charge in [0.1, 0.15) is 19.0 Å². The summed E-state index contributed by atoms with van der Waals surface area (Å²) in [5.74, 6) is -1.64. The number of halogens is 5. The van der Waals surface area contributed by atoms with Gasteiger partial charge in [-0.2, -0.15) is 13.2 Å². The van der Waals surface area contributed by atoms with Crippen molar-refractivity contribution in [1.29, 1.82) is 0 Å². The number of pyridine rings is 1. The monoisotopic (exact) mass is 637 g/mol. The van der Waals surface area contributed by atoms with Crippen molar-refractivity contribution in [2.75, 3.05) is 31.6 Å². The van der Waals surface area contributed by atoms with Gasteiger partial charge in [-0.3, -0.25) is 9.78 Å². The Hall–Kier alpha value is -3.78. The number of nitrogens with zero attached hydrogens (tertiary/aromatic N) is 1. The number of nitrogens with one attached hydrogen (secondary N) is 3. The number of aromatic nitrogens is 1. The fourth-order valence-corrected chi connectivity index (χ4v) is 4.92. The largest absolute Gasteiger partial charge is 0.448 e. The fourth-order valence-electron chi connectivity index (χ4n) is 4.79. The second-order valence-electron chi connectivity index (χ2n) is 10.3. The van der Waals surface area contributed by atoms with Gasteiger partial charge in [0.2, 0.25) is 5.91 Å². The van der Waals surface area contributed by atoms with E-state index < -0.39 is 48.5 Å². The van der Waals surface area contributed by atoms with Crippen molar-refractivity contribution >= 4 is 29.3 Å². The number of hydrogen-bond donors (Lipinski definition) is 4. The molecular weight excluding hydrogens is 606 g/mol. The molecule has 44 heavy (non-hydrogen) atoms. The third-order valence-corrected chi connectivity index (χ3v) is 7.30. The van der Waals surface area contributed by atoms with E-state index >= 15 is 0 Å². The van der Waals surface area contributed by atoms with Crippen molar-refractivity contribution in [3.8, 4) is 0 Å². The third kappa shape index (κ3) is 9.61. The molecule has 2 heterocycles. The van der Waals surface area contributed by atoms with E-state index in [-0.39, 0.29) is 37.0 Å². The maximum Gasteiger partial charge on any atom is 0.407 e. The van der Waals surface area contributed by atoms with E-state index in [9.17, 15) is 27.2 Å². The number of amides is 2. The molecule has 14 heteroatoms. The third-order valence-electron chi connectivity index (χ3n) is 7.04. The lowest BCUT2D eigenvalue weighted by Gasteiger charge is -2.30. The van der Waals surface area contributed by atoms with Gasteiger partial charge in [0.15, 0.2) is 0 Å². The van der Waals surface area contributed by atoms with Gasteiger partial charge in [0.05, 0.1) is 42.9 Å². The maximum atomic E-state index is 14.9. The number of benzene rings is 2. The second-order valence-corrected chi connectivity index (χ2v) is 10.7. The van der Waals surface area contributed by atoms with E-state index in [0.717, 1.165) is 17.3 Å². The summed E-state index contributed by atoms with van der Waals surface area (Å²) in [6.07, 6.45) is -3.06. The van der Waals surface area contributed by atoms with Crippen LogP contribution in [0.1, 0.15) is 29.0 Å². The van der Waals surface area contributed by atoms with E-state index in [1.165, 1.54) is 6.20 Å². The minimum Gasteiger partial charge on any atom is -0.448 e. The average Bonchev–Trinajstić information content (AvgIpc) is 3.00. The Kier molecular flexibility index (Phi) is 11.5. The van der Waals surface area contributed by atoms with Crippen LogP contribution in [0.2, 0.25) is 5.02 Å². The van der Waals surface area contributed by atoms with Crippen molar-refractivity contribution in [1.82, 2.24) is 15.6 Å². The predicted molar refractivity (Wildman–Crippen MR) is 156 cm³/mol. The zero-order chi connectivity index (χ0) is 31.7. The minimum absolute atomic E-state index is 0.125. The number of carbonyl (C=O) groups is 2. The molecule has 0 aliphatic carbocycles. The number of nitrogens with two attached hydrogens (primary N) is 1. The maximum absolute atomic E-state index is 14.9. The molecule has 0 bridgehead atoms. The van der Waals surface area contributed by atoms with E-state index in [2.05, 4.69) is 15.6 Å². The molecule has 236 valence electrons.